The van der Waals surface area contributed by atoms with E-state index in [0.717, 1.165) is 36.2 Å². The zero-order valence-electron chi connectivity index (χ0n) is 12.7. The molecule has 3 rings (SSSR count). The van der Waals surface area contributed by atoms with Gasteiger partial charge >= 0.3 is 0 Å². The van der Waals surface area contributed by atoms with E-state index in [1.165, 1.54) is 0 Å². The molecule has 2 heterocycles. The number of pyridine rings is 1. The van der Waals surface area contributed by atoms with Gasteiger partial charge in [-0.1, -0.05) is 24.3 Å². The fraction of sp³-hybridized carbons (Fsp3) is 0.471. The van der Waals surface area contributed by atoms with E-state index < -0.39 is 0 Å². The van der Waals surface area contributed by atoms with Crippen molar-refractivity contribution in [3.8, 4) is 0 Å². The van der Waals surface area contributed by atoms with Gasteiger partial charge in [-0.2, -0.15) is 0 Å². The number of fused-ring (bicyclic) bond motifs is 1. The Morgan fingerprint density at radius 1 is 1.19 bits per heavy atom. The van der Waals surface area contributed by atoms with E-state index in [4.69, 9.17) is 0 Å². The van der Waals surface area contributed by atoms with E-state index in [1.54, 1.807) is 0 Å². The van der Waals surface area contributed by atoms with Crippen molar-refractivity contribution in [3.63, 3.8) is 0 Å². The van der Waals surface area contributed by atoms with Crippen LogP contribution in [0.4, 0.5) is 0 Å². The average molecular weight is 285 g/mol. The second kappa shape index (κ2) is 6.10. The lowest BCUT2D eigenvalue weighted by Gasteiger charge is -2.40. The summed E-state index contributed by atoms with van der Waals surface area (Å²) in [7, 11) is 4.20. The van der Waals surface area contributed by atoms with Gasteiger partial charge in [-0.15, -0.1) is 0 Å². The number of para-hydroxylation sites is 1. The third kappa shape index (κ3) is 3.23. The molecule has 2 atom stereocenters. The minimum Gasteiger partial charge on any atom is -0.391 e. The summed E-state index contributed by atoms with van der Waals surface area (Å²) in [6.45, 7) is 2.97. The molecule has 1 N–H and O–H groups in total. The SMILES string of the molecule is CN1CCN(C)C(C(O)Cc2ccc3ccccc3n2)C1. The summed E-state index contributed by atoms with van der Waals surface area (Å²) in [6, 6.07) is 12.4. The van der Waals surface area contributed by atoms with Crippen molar-refractivity contribution in [2.45, 2.75) is 18.6 Å². The number of benzene rings is 1. The van der Waals surface area contributed by atoms with Gasteiger partial charge < -0.3 is 10.0 Å². The second-order valence-electron chi connectivity index (χ2n) is 6.08. The standard InChI is InChI=1S/C17H23N3O/c1-19-9-10-20(2)16(12-19)17(21)11-14-8-7-13-5-3-4-6-15(13)18-14/h3-8,16-17,21H,9-12H2,1-2H3. The molecule has 1 aromatic heterocycles. The van der Waals surface area contributed by atoms with E-state index in [9.17, 15) is 5.11 Å². The third-order valence-corrected chi connectivity index (χ3v) is 4.42. The Morgan fingerprint density at radius 2 is 2.00 bits per heavy atom. The topological polar surface area (TPSA) is 39.6 Å². The summed E-state index contributed by atoms with van der Waals surface area (Å²) in [4.78, 5) is 9.20. The van der Waals surface area contributed by atoms with E-state index in [2.05, 4.69) is 41.0 Å². The summed E-state index contributed by atoms with van der Waals surface area (Å²) in [5.41, 5.74) is 1.96. The first-order chi connectivity index (χ1) is 10.1. The van der Waals surface area contributed by atoms with Gasteiger partial charge in [0.15, 0.2) is 0 Å². The minimum absolute atomic E-state index is 0.178. The zero-order chi connectivity index (χ0) is 14.8. The molecule has 2 aromatic rings. The molecule has 0 saturated carbocycles. The van der Waals surface area contributed by atoms with Crippen molar-refractivity contribution in [1.82, 2.24) is 14.8 Å². The normalized spacial score (nSPS) is 22.5. The first-order valence-corrected chi connectivity index (χ1v) is 7.55. The molecule has 0 radical (unpaired) electrons. The van der Waals surface area contributed by atoms with Crippen LogP contribution in [0.15, 0.2) is 36.4 Å². The number of aromatic nitrogens is 1. The quantitative estimate of drug-likeness (QED) is 0.925. The molecule has 0 aliphatic carbocycles. The zero-order valence-corrected chi connectivity index (χ0v) is 12.7. The first kappa shape index (κ1) is 14.4. The van der Waals surface area contributed by atoms with Crippen LogP contribution < -0.4 is 0 Å². The lowest BCUT2D eigenvalue weighted by molar-refractivity contribution is 0.0149. The molecule has 0 amide bonds. The summed E-state index contributed by atoms with van der Waals surface area (Å²) in [5, 5.41) is 11.7. The maximum absolute atomic E-state index is 10.6. The highest BCUT2D eigenvalue weighted by molar-refractivity contribution is 5.78. The molecule has 1 aliphatic rings. The largest absolute Gasteiger partial charge is 0.391 e. The molecule has 4 heteroatoms. The number of likely N-dealkylation sites (N-methyl/N-ethyl adjacent to an activating group) is 2. The van der Waals surface area contributed by atoms with Crippen LogP contribution in [-0.2, 0) is 6.42 Å². The highest BCUT2D eigenvalue weighted by Crippen LogP contribution is 2.16. The van der Waals surface area contributed by atoms with Crippen molar-refractivity contribution in [2.75, 3.05) is 33.7 Å². The van der Waals surface area contributed by atoms with Crippen molar-refractivity contribution >= 4 is 10.9 Å². The molecule has 0 bridgehead atoms. The lowest BCUT2D eigenvalue weighted by Crippen LogP contribution is -2.55. The predicted molar refractivity (Wildman–Crippen MR) is 85.4 cm³/mol. The van der Waals surface area contributed by atoms with Gasteiger partial charge in [-0.25, -0.2) is 0 Å². The number of hydrogen-bond donors (Lipinski definition) is 1. The van der Waals surface area contributed by atoms with Crippen LogP contribution in [0.5, 0.6) is 0 Å². The average Bonchev–Trinajstić information content (AvgIpc) is 2.49. The fourth-order valence-electron chi connectivity index (χ4n) is 3.03. The smallest absolute Gasteiger partial charge is 0.0763 e. The number of hydrogen-bond acceptors (Lipinski definition) is 4. The Balaban J connectivity index is 1.74. The number of aliphatic hydroxyl groups is 1. The van der Waals surface area contributed by atoms with Crippen LogP contribution in [0, 0.1) is 0 Å². The summed E-state index contributed by atoms with van der Waals surface area (Å²) in [6.07, 6.45) is 0.222. The number of piperazine rings is 1. The van der Waals surface area contributed by atoms with Crippen LogP contribution in [0.3, 0.4) is 0 Å². The van der Waals surface area contributed by atoms with Crippen LogP contribution in [-0.4, -0.2) is 65.8 Å². The summed E-state index contributed by atoms with van der Waals surface area (Å²) >= 11 is 0. The van der Waals surface area contributed by atoms with E-state index in [0.29, 0.717) is 6.42 Å². The van der Waals surface area contributed by atoms with Crippen molar-refractivity contribution in [2.24, 2.45) is 0 Å². The Bertz CT molecular complexity index is 616. The Kier molecular flexibility index (Phi) is 4.19. The fourth-order valence-corrected chi connectivity index (χ4v) is 3.03. The van der Waals surface area contributed by atoms with Gasteiger partial charge in [0, 0.05) is 43.2 Å². The van der Waals surface area contributed by atoms with Gasteiger partial charge in [-0.05, 0) is 26.2 Å². The second-order valence-corrected chi connectivity index (χ2v) is 6.08. The van der Waals surface area contributed by atoms with E-state index >= 15 is 0 Å². The van der Waals surface area contributed by atoms with Gasteiger partial charge in [0.1, 0.15) is 0 Å². The van der Waals surface area contributed by atoms with Crippen molar-refractivity contribution in [1.29, 1.82) is 0 Å². The summed E-state index contributed by atoms with van der Waals surface area (Å²) < 4.78 is 0. The molecule has 1 aliphatic heterocycles. The number of aliphatic hydroxyl groups excluding tert-OH is 1. The van der Waals surface area contributed by atoms with Crippen LogP contribution >= 0.6 is 0 Å². The lowest BCUT2D eigenvalue weighted by atomic mass is 10.0. The summed E-state index contributed by atoms with van der Waals surface area (Å²) in [5.74, 6) is 0. The minimum atomic E-state index is -0.383. The molecular formula is C17H23N3O. The highest BCUT2D eigenvalue weighted by atomic mass is 16.3. The Hall–Kier alpha value is -1.49. The van der Waals surface area contributed by atoms with Crippen LogP contribution in [0.25, 0.3) is 10.9 Å². The van der Waals surface area contributed by atoms with Gasteiger partial charge in [0.25, 0.3) is 0 Å². The Morgan fingerprint density at radius 3 is 2.86 bits per heavy atom. The van der Waals surface area contributed by atoms with E-state index in [-0.39, 0.29) is 12.1 Å². The van der Waals surface area contributed by atoms with Crippen LogP contribution in [0.2, 0.25) is 0 Å². The molecule has 21 heavy (non-hydrogen) atoms. The van der Waals surface area contributed by atoms with Gasteiger partial charge in [0.05, 0.1) is 11.6 Å². The first-order valence-electron chi connectivity index (χ1n) is 7.55. The maximum Gasteiger partial charge on any atom is 0.0763 e. The van der Waals surface area contributed by atoms with Crippen LogP contribution in [0.1, 0.15) is 5.69 Å². The molecule has 1 saturated heterocycles. The molecule has 1 fully saturated rings. The monoisotopic (exact) mass is 285 g/mol. The van der Waals surface area contributed by atoms with Gasteiger partial charge in [-0.3, -0.25) is 9.88 Å². The van der Waals surface area contributed by atoms with E-state index in [1.807, 2.05) is 24.3 Å². The molecule has 0 spiro atoms. The molecule has 112 valence electrons. The molecule has 4 nitrogen and oxygen atoms in total. The number of rotatable bonds is 3. The van der Waals surface area contributed by atoms with Crippen molar-refractivity contribution < 1.29 is 5.11 Å². The maximum atomic E-state index is 10.6. The highest BCUT2D eigenvalue weighted by Gasteiger charge is 2.28. The molecular weight excluding hydrogens is 262 g/mol. The molecule has 2 unspecified atom stereocenters. The van der Waals surface area contributed by atoms with Gasteiger partial charge in [0.2, 0.25) is 0 Å². The Labute approximate surface area is 126 Å². The van der Waals surface area contributed by atoms with Crippen molar-refractivity contribution in [3.05, 3.63) is 42.1 Å². The molecule has 1 aromatic carbocycles. The number of nitrogens with zero attached hydrogens (tertiary/aromatic N) is 3. The predicted octanol–water partition coefficient (Wildman–Crippen LogP) is 1.38. The third-order valence-electron chi connectivity index (χ3n) is 4.42.